The Hall–Kier alpha value is -0.990. The van der Waals surface area contributed by atoms with Crippen molar-refractivity contribution in [2.45, 2.75) is 33.7 Å². The molecule has 0 aliphatic carbocycles. The number of aryl methyl sites for hydroxylation is 3. The van der Waals surface area contributed by atoms with Gasteiger partial charge in [-0.3, -0.25) is 0 Å². The van der Waals surface area contributed by atoms with Crippen LogP contribution in [0.25, 0.3) is 0 Å². The Morgan fingerprint density at radius 3 is 2.22 bits per heavy atom. The standard InChI is InChI=1S/C15H18ClNS/c1-9-7-10(2)15(11(3)8-9)17-12(4)13-5-6-14(16)18-13/h5-8,12,17H,1-4H3. The lowest BCUT2D eigenvalue weighted by atomic mass is 10.0. The van der Waals surface area contributed by atoms with Crippen molar-refractivity contribution in [3.8, 4) is 0 Å². The van der Waals surface area contributed by atoms with E-state index in [1.165, 1.54) is 27.3 Å². The molecule has 1 aromatic heterocycles. The van der Waals surface area contributed by atoms with E-state index in [-0.39, 0.29) is 6.04 Å². The Balaban J connectivity index is 2.24. The number of hydrogen-bond donors (Lipinski definition) is 1. The average molecular weight is 280 g/mol. The number of rotatable bonds is 3. The van der Waals surface area contributed by atoms with E-state index < -0.39 is 0 Å². The van der Waals surface area contributed by atoms with Gasteiger partial charge in [-0.15, -0.1) is 11.3 Å². The monoisotopic (exact) mass is 279 g/mol. The van der Waals surface area contributed by atoms with Crippen molar-refractivity contribution < 1.29 is 0 Å². The van der Waals surface area contributed by atoms with Crippen molar-refractivity contribution in [1.82, 2.24) is 0 Å². The van der Waals surface area contributed by atoms with E-state index in [0.29, 0.717) is 0 Å². The topological polar surface area (TPSA) is 12.0 Å². The predicted octanol–water partition coefficient (Wildman–Crippen LogP) is 5.50. The van der Waals surface area contributed by atoms with Crippen LogP contribution in [-0.2, 0) is 0 Å². The molecule has 1 atom stereocenters. The van der Waals surface area contributed by atoms with Crippen molar-refractivity contribution in [2.75, 3.05) is 5.32 Å². The molecule has 0 amide bonds. The number of thiophene rings is 1. The third-order valence-corrected chi connectivity index (χ3v) is 4.47. The minimum absolute atomic E-state index is 0.280. The number of benzene rings is 1. The number of anilines is 1. The maximum atomic E-state index is 5.98. The molecule has 0 fully saturated rings. The van der Waals surface area contributed by atoms with Crippen LogP contribution in [0.5, 0.6) is 0 Å². The normalized spacial score (nSPS) is 12.5. The first-order valence-electron chi connectivity index (χ1n) is 6.07. The van der Waals surface area contributed by atoms with Gasteiger partial charge in [0, 0.05) is 10.6 Å². The van der Waals surface area contributed by atoms with Crippen LogP contribution in [0, 0.1) is 20.8 Å². The van der Waals surface area contributed by atoms with Gasteiger partial charge in [-0.1, -0.05) is 29.3 Å². The summed E-state index contributed by atoms with van der Waals surface area (Å²) in [4.78, 5) is 1.26. The molecule has 0 radical (unpaired) electrons. The zero-order chi connectivity index (χ0) is 13.3. The Bertz CT molecular complexity index is 536. The Morgan fingerprint density at radius 1 is 1.11 bits per heavy atom. The molecule has 1 nitrogen and oxygen atoms in total. The molecular weight excluding hydrogens is 262 g/mol. The van der Waals surface area contributed by atoms with Gasteiger partial charge in [-0.2, -0.15) is 0 Å². The summed E-state index contributed by atoms with van der Waals surface area (Å²) in [6, 6.07) is 8.74. The summed E-state index contributed by atoms with van der Waals surface area (Å²) in [5, 5.41) is 3.59. The van der Waals surface area contributed by atoms with Crippen LogP contribution in [0.1, 0.15) is 34.5 Å². The molecule has 0 bridgehead atoms. The van der Waals surface area contributed by atoms with Crippen molar-refractivity contribution >= 4 is 28.6 Å². The second-order valence-corrected chi connectivity index (χ2v) is 6.53. The van der Waals surface area contributed by atoms with E-state index in [1.807, 2.05) is 6.07 Å². The fraction of sp³-hybridized carbons (Fsp3) is 0.333. The lowest BCUT2D eigenvalue weighted by Crippen LogP contribution is -2.07. The molecular formula is C15H18ClNS. The SMILES string of the molecule is Cc1cc(C)c(NC(C)c2ccc(Cl)s2)c(C)c1. The van der Waals surface area contributed by atoms with E-state index in [0.717, 1.165) is 4.34 Å². The van der Waals surface area contributed by atoms with Gasteiger partial charge >= 0.3 is 0 Å². The quantitative estimate of drug-likeness (QED) is 0.782. The lowest BCUT2D eigenvalue weighted by molar-refractivity contribution is 0.902. The number of nitrogens with one attached hydrogen (secondary N) is 1. The third-order valence-electron chi connectivity index (χ3n) is 3.06. The van der Waals surface area contributed by atoms with Crippen molar-refractivity contribution in [1.29, 1.82) is 0 Å². The molecule has 0 aliphatic heterocycles. The summed E-state index contributed by atoms with van der Waals surface area (Å²) >= 11 is 7.61. The lowest BCUT2D eigenvalue weighted by Gasteiger charge is -2.18. The number of halogens is 1. The van der Waals surface area contributed by atoms with E-state index in [2.05, 4.69) is 51.2 Å². The van der Waals surface area contributed by atoms with Crippen molar-refractivity contribution in [3.05, 3.63) is 50.2 Å². The summed E-state index contributed by atoms with van der Waals surface area (Å²) < 4.78 is 0.844. The molecule has 0 saturated carbocycles. The highest BCUT2D eigenvalue weighted by atomic mass is 35.5. The first-order chi connectivity index (χ1) is 8.47. The maximum Gasteiger partial charge on any atom is 0.0932 e. The summed E-state index contributed by atoms with van der Waals surface area (Å²) in [7, 11) is 0. The van der Waals surface area contributed by atoms with Crippen LogP contribution in [0.4, 0.5) is 5.69 Å². The molecule has 2 aromatic rings. The number of hydrogen-bond acceptors (Lipinski definition) is 2. The first kappa shape index (κ1) is 13.4. The van der Waals surface area contributed by atoms with Gasteiger partial charge in [0.2, 0.25) is 0 Å². The molecule has 3 heteroatoms. The molecule has 96 valence electrons. The van der Waals surface area contributed by atoms with Crippen molar-refractivity contribution in [2.24, 2.45) is 0 Å². The van der Waals surface area contributed by atoms with Crippen molar-refractivity contribution in [3.63, 3.8) is 0 Å². The summed E-state index contributed by atoms with van der Waals surface area (Å²) in [5.41, 5.74) is 5.13. The van der Waals surface area contributed by atoms with Crippen LogP contribution in [0.2, 0.25) is 4.34 Å². The van der Waals surface area contributed by atoms with E-state index >= 15 is 0 Å². The van der Waals surface area contributed by atoms with Crippen LogP contribution in [-0.4, -0.2) is 0 Å². The second kappa shape index (κ2) is 5.33. The summed E-state index contributed by atoms with van der Waals surface area (Å²) in [6.07, 6.45) is 0. The van der Waals surface area contributed by atoms with Gasteiger partial charge in [0.05, 0.1) is 10.4 Å². The molecule has 1 N–H and O–H groups in total. The maximum absolute atomic E-state index is 5.98. The fourth-order valence-electron chi connectivity index (χ4n) is 2.26. The van der Waals surface area contributed by atoms with Gasteiger partial charge in [0.1, 0.15) is 0 Å². The Labute approximate surface area is 118 Å². The predicted molar refractivity (Wildman–Crippen MR) is 82.0 cm³/mol. The van der Waals surface area contributed by atoms with Gasteiger partial charge in [-0.05, 0) is 51.0 Å². The highest BCUT2D eigenvalue weighted by molar-refractivity contribution is 7.16. The molecule has 0 spiro atoms. The summed E-state index contributed by atoms with van der Waals surface area (Å²) in [5.74, 6) is 0. The minimum Gasteiger partial charge on any atom is -0.377 e. The molecule has 0 saturated heterocycles. The van der Waals surface area contributed by atoms with E-state index in [1.54, 1.807) is 11.3 Å². The molecule has 2 rings (SSSR count). The highest BCUT2D eigenvalue weighted by Gasteiger charge is 2.11. The van der Waals surface area contributed by atoms with Gasteiger partial charge in [-0.25, -0.2) is 0 Å². The van der Waals surface area contributed by atoms with Gasteiger partial charge < -0.3 is 5.32 Å². The third kappa shape index (κ3) is 2.88. The first-order valence-corrected chi connectivity index (χ1v) is 7.26. The smallest absolute Gasteiger partial charge is 0.0932 e. The zero-order valence-corrected chi connectivity index (χ0v) is 12.7. The molecule has 1 heterocycles. The summed E-state index contributed by atoms with van der Waals surface area (Å²) in [6.45, 7) is 8.60. The minimum atomic E-state index is 0.280. The molecule has 1 unspecified atom stereocenters. The molecule has 0 aliphatic rings. The van der Waals surface area contributed by atoms with E-state index in [4.69, 9.17) is 11.6 Å². The van der Waals surface area contributed by atoms with Gasteiger partial charge in [0.15, 0.2) is 0 Å². The van der Waals surface area contributed by atoms with Crippen LogP contribution >= 0.6 is 22.9 Å². The largest absolute Gasteiger partial charge is 0.377 e. The Kier molecular flexibility index (Phi) is 3.98. The molecule has 1 aromatic carbocycles. The van der Waals surface area contributed by atoms with Crippen LogP contribution in [0.15, 0.2) is 24.3 Å². The average Bonchev–Trinajstić information content (AvgIpc) is 2.70. The second-order valence-electron chi connectivity index (χ2n) is 4.78. The van der Waals surface area contributed by atoms with Crippen LogP contribution < -0.4 is 5.32 Å². The fourth-order valence-corrected chi connectivity index (χ4v) is 3.32. The Morgan fingerprint density at radius 2 is 1.72 bits per heavy atom. The van der Waals surface area contributed by atoms with Crippen LogP contribution in [0.3, 0.4) is 0 Å². The highest BCUT2D eigenvalue weighted by Crippen LogP contribution is 2.31. The van der Waals surface area contributed by atoms with Gasteiger partial charge in [0.25, 0.3) is 0 Å². The van der Waals surface area contributed by atoms with E-state index in [9.17, 15) is 0 Å². The zero-order valence-electron chi connectivity index (χ0n) is 11.2. The molecule has 18 heavy (non-hydrogen) atoms.